The number of hydrogen-bond donors (Lipinski definition) is 1. The molecule has 74 valence electrons. The molecule has 0 bridgehead atoms. The molecule has 3 heteroatoms. The molecule has 0 aliphatic heterocycles. The Kier molecular flexibility index (Phi) is 5.80. The van der Waals surface area contributed by atoms with Gasteiger partial charge in [0.25, 0.3) is 0 Å². The van der Waals surface area contributed by atoms with E-state index in [-0.39, 0.29) is 14.0 Å². The Bertz CT molecular complexity index is 261. The second-order valence-electron chi connectivity index (χ2n) is 2.34. The van der Waals surface area contributed by atoms with Gasteiger partial charge in [0.1, 0.15) is 0 Å². The first-order valence-electron chi connectivity index (χ1n) is 3.63. The molecule has 1 rings (SSSR count). The van der Waals surface area contributed by atoms with E-state index >= 15 is 0 Å². The quantitative estimate of drug-likeness (QED) is 0.813. The molecule has 1 N–H and O–H groups in total. The summed E-state index contributed by atoms with van der Waals surface area (Å²) in [7, 11) is 1.63. The second kappa shape index (κ2) is 6.03. The molecule has 1 aromatic carbocycles. The van der Waals surface area contributed by atoms with Crippen LogP contribution in [-0.4, -0.2) is 27.2 Å². The van der Waals surface area contributed by atoms with E-state index in [1.165, 1.54) is 4.46 Å². The molecule has 13 heavy (non-hydrogen) atoms. The topological polar surface area (TPSA) is 29.5 Å². The molecule has 0 atom stereocenters. The van der Waals surface area contributed by atoms with E-state index in [1.807, 2.05) is 18.2 Å². The maximum absolute atomic E-state index is 9.02. The fourth-order valence-corrected chi connectivity index (χ4v) is 2.24. The summed E-state index contributed by atoms with van der Waals surface area (Å²) >= 11 is 0.435. The molecule has 0 amide bonds. The van der Waals surface area contributed by atoms with Gasteiger partial charge < -0.3 is 0 Å². The van der Waals surface area contributed by atoms with Crippen molar-refractivity contribution < 1.29 is 9.84 Å². The summed E-state index contributed by atoms with van der Waals surface area (Å²) in [5.74, 6) is 2.94. The van der Waals surface area contributed by atoms with E-state index < -0.39 is 0 Å². The molecule has 0 heterocycles. The van der Waals surface area contributed by atoms with Crippen molar-refractivity contribution in [2.45, 2.75) is 19.9 Å². The van der Waals surface area contributed by atoms with Crippen LogP contribution in [0.1, 0.15) is 13.0 Å². The van der Waals surface area contributed by atoms with Crippen molar-refractivity contribution >= 4 is 19.4 Å². The third kappa shape index (κ3) is 3.03. The summed E-state index contributed by atoms with van der Waals surface area (Å²) in [6.45, 7) is 0.0993. The number of benzene rings is 1. The van der Waals surface area contributed by atoms with Crippen LogP contribution in [0.4, 0.5) is 0 Å². The Labute approximate surface area is 86.1 Å². The van der Waals surface area contributed by atoms with Gasteiger partial charge in [-0.15, -0.1) is 0 Å². The molecule has 0 radical (unpaired) electrons. The first-order chi connectivity index (χ1) is 5.81. The van der Waals surface area contributed by atoms with Crippen LogP contribution in [0, 0.1) is 0 Å². The number of aliphatic hydroxyl groups is 1. The normalized spacial score (nSPS) is 9.15. The molecule has 0 aliphatic rings. The molecule has 2 nitrogen and oxygen atoms in total. The first kappa shape index (κ1) is 12.5. The van der Waals surface area contributed by atoms with Crippen molar-refractivity contribution in [1.82, 2.24) is 0 Å². The molecular formula is C10H16O2Se. The van der Waals surface area contributed by atoms with E-state index in [9.17, 15) is 0 Å². The molecule has 0 aliphatic carbocycles. The van der Waals surface area contributed by atoms with Gasteiger partial charge in [-0.1, -0.05) is 7.43 Å². The molecule has 0 saturated heterocycles. The maximum atomic E-state index is 9.02. The zero-order chi connectivity index (χ0) is 8.97. The summed E-state index contributed by atoms with van der Waals surface area (Å²) in [5.41, 5.74) is 0.983. The molecule has 0 saturated carbocycles. The van der Waals surface area contributed by atoms with Gasteiger partial charge in [-0.05, 0) is 0 Å². The van der Waals surface area contributed by atoms with Gasteiger partial charge in [-0.2, -0.15) is 0 Å². The zero-order valence-corrected chi connectivity index (χ0v) is 8.92. The molecule has 1 aromatic rings. The van der Waals surface area contributed by atoms with Crippen LogP contribution < -0.4 is 9.20 Å². The fourth-order valence-electron chi connectivity index (χ4n) is 1.01. The average Bonchev–Trinajstić information content (AvgIpc) is 2.16. The molecular weight excluding hydrogens is 231 g/mol. The van der Waals surface area contributed by atoms with Crippen LogP contribution in [0.15, 0.2) is 18.2 Å². The molecule has 0 unspecified atom stereocenters. The number of aliphatic hydroxyl groups excluding tert-OH is 1. The minimum atomic E-state index is 0. The van der Waals surface area contributed by atoms with Gasteiger partial charge in [0, 0.05) is 0 Å². The molecule has 0 spiro atoms. The van der Waals surface area contributed by atoms with Gasteiger partial charge in [0.05, 0.1) is 0 Å². The predicted molar refractivity (Wildman–Crippen MR) is 56.9 cm³/mol. The van der Waals surface area contributed by atoms with Crippen molar-refractivity contribution in [3.63, 3.8) is 0 Å². The van der Waals surface area contributed by atoms with Crippen LogP contribution >= 0.6 is 0 Å². The Hall–Kier alpha value is -0.501. The second-order valence-corrected chi connectivity index (χ2v) is 4.12. The van der Waals surface area contributed by atoms with Crippen LogP contribution in [0.2, 0.25) is 5.82 Å². The van der Waals surface area contributed by atoms with Crippen molar-refractivity contribution in [3.8, 4) is 5.75 Å². The van der Waals surface area contributed by atoms with Gasteiger partial charge in [-0.3, -0.25) is 0 Å². The molecule has 0 fully saturated rings. The monoisotopic (exact) mass is 248 g/mol. The van der Waals surface area contributed by atoms with Gasteiger partial charge in [-0.25, -0.2) is 0 Å². The van der Waals surface area contributed by atoms with Crippen molar-refractivity contribution in [2.75, 3.05) is 7.11 Å². The van der Waals surface area contributed by atoms with Gasteiger partial charge in [0.15, 0.2) is 0 Å². The van der Waals surface area contributed by atoms with Crippen molar-refractivity contribution in [3.05, 3.63) is 23.8 Å². The first-order valence-corrected chi connectivity index (χ1v) is 6.20. The van der Waals surface area contributed by atoms with E-state index in [2.05, 4.69) is 5.82 Å². The van der Waals surface area contributed by atoms with Gasteiger partial charge in [0.2, 0.25) is 0 Å². The number of rotatable bonds is 3. The van der Waals surface area contributed by atoms with Crippen molar-refractivity contribution in [2.24, 2.45) is 0 Å². The fraction of sp³-hybridized carbons (Fsp3) is 0.400. The summed E-state index contributed by atoms with van der Waals surface area (Å²) in [6, 6.07) is 5.84. The van der Waals surface area contributed by atoms with E-state index in [0.717, 1.165) is 11.3 Å². The summed E-state index contributed by atoms with van der Waals surface area (Å²) in [5, 5.41) is 9.02. The van der Waals surface area contributed by atoms with E-state index in [4.69, 9.17) is 9.84 Å². The van der Waals surface area contributed by atoms with Crippen LogP contribution in [0.3, 0.4) is 0 Å². The third-order valence-corrected chi connectivity index (χ3v) is 3.42. The van der Waals surface area contributed by atoms with Crippen LogP contribution in [-0.2, 0) is 6.61 Å². The van der Waals surface area contributed by atoms with E-state index in [1.54, 1.807) is 7.11 Å². The predicted octanol–water partition coefficient (Wildman–Crippen LogP) is 1.20. The number of hydrogen-bond acceptors (Lipinski definition) is 2. The Morgan fingerprint density at radius 2 is 2.15 bits per heavy atom. The zero-order valence-electron chi connectivity index (χ0n) is 7.20. The van der Waals surface area contributed by atoms with Crippen LogP contribution in [0.25, 0.3) is 0 Å². The standard InChI is InChI=1S/C9H12O2Se.CH4/c1-11-8-3-4-9(12-2)7(5-8)6-10;/h3-5,10H,6H2,1-2H3;1H4. The third-order valence-electron chi connectivity index (χ3n) is 1.66. The number of methoxy groups -OCH3 is 1. The minimum absolute atomic E-state index is 0. The number of ether oxygens (including phenoxy) is 1. The Balaban J connectivity index is 0.00000144. The Morgan fingerprint density at radius 1 is 1.46 bits per heavy atom. The average molecular weight is 247 g/mol. The van der Waals surface area contributed by atoms with Crippen LogP contribution in [0.5, 0.6) is 5.75 Å². The van der Waals surface area contributed by atoms with Crippen molar-refractivity contribution in [1.29, 1.82) is 0 Å². The summed E-state index contributed by atoms with van der Waals surface area (Å²) in [6.07, 6.45) is 0. The Morgan fingerprint density at radius 3 is 2.62 bits per heavy atom. The van der Waals surface area contributed by atoms with E-state index in [0.29, 0.717) is 15.0 Å². The summed E-state index contributed by atoms with van der Waals surface area (Å²) in [4.78, 5) is 0. The molecule has 0 aromatic heterocycles. The SMILES string of the molecule is C.COc1ccc([Se]C)c(CO)c1. The van der Waals surface area contributed by atoms with Gasteiger partial charge >= 0.3 is 78.3 Å². The summed E-state index contributed by atoms with van der Waals surface area (Å²) < 4.78 is 6.29.